The third-order valence-electron chi connectivity index (χ3n) is 2.99. The minimum atomic E-state index is 0.246. The number of rotatable bonds is 5. The lowest BCUT2D eigenvalue weighted by molar-refractivity contribution is 0.284. The SMILES string of the molecule is CC1CN(c2n[nH]c(CCCCO)n2)CCN1. The first-order valence-electron chi connectivity index (χ1n) is 6.30. The van der Waals surface area contributed by atoms with Gasteiger partial charge < -0.3 is 15.3 Å². The van der Waals surface area contributed by atoms with E-state index in [1.54, 1.807) is 0 Å². The third kappa shape index (κ3) is 3.41. The molecule has 17 heavy (non-hydrogen) atoms. The molecule has 1 aliphatic heterocycles. The van der Waals surface area contributed by atoms with E-state index in [1.165, 1.54) is 0 Å². The third-order valence-corrected chi connectivity index (χ3v) is 2.99. The van der Waals surface area contributed by atoms with Gasteiger partial charge in [0, 0.05) is 38.7 Å². The number of aromatic amines is 1. The van der Waals surface area contributed by atoms with Gasteiger partial charge in [0.05, 0.1) is 0 Å². The molecule has 1 fully saturated rings. The summed E-state index contributed by atoms with van der Waals surface area (Å²) in [5.41, 5.74) is 0. The van der Waals surface area contributed by atoms with E-state index in [-0.39, 0.29) is 6.61 Å². The molecule has 2 heterocycles. The molecule has 2 rings (SSSR count). The van der Waals surface area contributed by atoms with Crippen LogP contribution < -0.4 is 10.2 Å². The summed E-state index contributed by atoms with van der Waals surface area (Å²) in [6, 6.07) is 0.486. The number of nitrogens with one attached hydrogen (secondary N) is 2. The van der Waals surface area contributed by atoms with Gasteiger partial charge in [0.25, 0.3) is 0 Å². The zero-order chi connectivity index (χ0) is 12.1. The second-order valence-corrected chi connectivity index (χ2v) is 4.56. The van der Waals surface area contributed by atoms with Crippen molar-refractivity contribution in [1.82, 2.24) is 20.5 Å². The minimum Gasteiger partial charge on any atom is -0.396 e. The number of aliphatic hydroxyl groups is 1. The first kappa shape index (κ1) is 12.3. The Morgan fingerprint density at radius 3 is 3.12 bits per heavy atom. The lowest BCUT2D eigenvalue weighted by Gasteiger charge is -2.30. The molecule has 6 nitrogen and oxygen atoms in total. The normalized spacial score (nSPS) is 20.8. The molecule has 0 aliphatic carbocycles. The molecule has 3 N–H and O–H groups in total. The summed E-state index contributed by atoms with van der Waals surface area (Å²) < 4.78 is 0. The van der Waals surface area contributed by atoms with Crippen molar-refractivity contribution in [1.29, 1.82) is 0 Å². The second kappa shape index (κ2) is 5.97. The summed E-state index contributed by atoms with van der Waals surface area (Å²) in [7, 11) is 0. The molecule has 0 saturated carbocycles. The molecular formula is C11H21N5O. The van der Waals surface area contributed by atoms with Crippen LogP contribution in [0.1, 0.15) is 25.6 Å². The van der Waals surface area contributed by atoms with Crippen LogP contribution in [0.15, 0.2) is 0 Å². The number of unbranched alkanes of at least 4 members (excludes halogenated alkanes) is 1. The van der Waals surface area contributed by atoms with Crippen molar-refractivity contribution in [2.45, 2.75) is 32.2 Å². The van der Waals surface area contributed by atoms with E-state index in [2.05, 4.69) is 32.3 Å². The summed E-state index contributed by atoms with van der Waals surface area (Å²) in [5, 5.41) is 19.3. The van der Waals surface area contributed by atoms with Crippen molar-refractivity contribution < 1.29 is 5.11 Å². The number of aliphatic hydroxyl groups excluding tert-OH is 1. The van der Waals surface area contributed by atoms with E-state index in [4.69, 9.17) is 5.11 Å². The number of piperazine rings is 1. The van der Waals surface area contributed by atoms with Crippen LogP contribution in [-0.4, -0.2) is 52.6 Å². The Kier molecular flexibility index (Phi) is 4.33. The van der Waals surface area contributed by atoms with E-state index in [9.17, 15) is 0 Å². The van der Waals surface area contributed by atoms with Crippen molar-refractivity contribution in [2.75, 3.05) is 31.1 Å². The first-order chi connectivity index (χ1) is 8.29. The predicted octanol–water partition coefficient (Wildman–Crippen LogP) is -0.0822. The van der Waals surface area contributed by atoms with E-state index in [1.807, 2.05) is 0 Å². The number of hydrogen-bond donors (Lipinski definition) is 3. The summed E-state index contributed by atoms with van der Waals surface area (Å²) in [4.78, 5) is 6.69. The Bertz CT molecular complexity index is 340. The zero-order valence-electron chi connectivity index (χ0n) is 10.3. The van der Waals surface area contributed by atoms with Crippen molar-refractivity contribution in [2.24, 2.45) is 0 Å². The van der Waals surface area contributed by atoms with Crippen LogP contribution in [0, 0.1) is 0 Å². The quantitative estimate of drug-likeness (QED) is 0.626. The van der Waals surface area contributed by atoms with E-state index < -0.39 is 0 Å². The fraction of sp³-hybridized carbons (Fsp3) is 0.818. The van der Waals surface area contributed by atoms with E-state index in [0.29, 0.717) is 6.04 Å². The van der Waals surface area contributed by atoms with Gasteiger partial charge in [-0.2, -0.15) is 4.98 Å². The smallest absolute Gasteiger partial charge is 0.244 e. The molecule has 6 heteroatoms. The van der Waals surface area contributed by atoms with E-state index >= 15 is 0 Å². The molecule has 0 bridgehead atoms. The highest BCUT2D eigenvalue weighted by Crippen LogP contribution is 2.10. The number of aryl methyl sites for hydroxylation is 1. The highest BCUT2D eigenvalue weighted by molar-refractivity contribution is 5.30. The Balaban J connectivity index is 1.88. The van der Waals surface area contributed by atoms with Crippen LogP contribution in [-0.2, 0) is 6.42 Å². The standard InChI is InChI=1S/C11H21N5O/c1-9-8-16(6-5-12-9)11-13-10(14-15-11)4-2-3-7-17/h9,12,17H,2-8H2,1H3,(H,13,14,15). The molecule has 1 aromatic heterocycles. The van der Waals surface area contributed by atoms with Crippen LogP contribution in [0.25, 0.3) is 0 Å². The fourth-order valence-electron chi connectivity index (χ4n) is 2.06. The lowest BCUT2D eigenvalue weighted by Crippen LogP contribution is -2.49. The number of anilines is 1. The van der Waals surface area contributed by atoms with Crippen molar-refractivity contribution in [3.63, 3.8) is 0 Å². The Hall–Kier alpha value is -1.14. The number of aromatic nitrogens is 3. The maximum Gasteiger partial charge on any atom is 0.244 e. The van der Waals surface area contributed by atoms with Gasteiger partial charge >= 0.3 is 0 Å². The molecular weight excluding hydrogens is 218 g/mol. The monoisotopic (exact) mass is 239 g/mol. The van der Waals surface area contributed by atoms with Gasteiger partial charge in [-0.05, 0) is 19.8 Å². The topological polar surface area (TPSA) is 77.1 Å². The lowest BCUT2D eigenvalue weighted by atomic mass is 10.2. The van der Waals surface area contributed by atoms with Gasteiger partial charge in [0.2, 0.25) is 5.95 Å². The molecule has 1 unspecified atom stereocenters. The van der Waals surface area contributed by atoms with Crippen molar-refractivity contribution in [3.05, 3.63) is 5.82 Å². The summed E-state index contributed by atoms with van der Waals surface area (Å²) in [6.07, 6.45) is 2.62. The minimum absolute atomic E-state index is 0.246. The average Bonchev–Trinajstić information content (AvgIpc) is 2.78. The van der Waals surface area contributed by atoms with Crippen molar-refractivity contribution >= 4 is 5.95 Å². The Morgan fingerprint density at radius 2 is 2.35 bits per heavy atom. The molecule has 0 aromatic carbocycles. The molecule has 1 atom stereocenters. The molecule has 1 saturated heterocycles. The van der Waals surface area contributed by atoms with Gasteiger partial charge in [-0.25, -0.2) is 0 Å². The fourth-order valence-corrected chi connectivity index (χ4v) is 2.06. The van der Waals surface area contributed by atoms with Gasteiger partial charge in [0.1, 0.15) is 5.82 Å². The maximum atomic E-state index is 8.72. The highest BCUT2D eigenvalue weighted by Gasteiger charge is 2.18. The largest absolute Gasteiger partial charge is 0.396 e. The highest BCUT2D eigenvalue weighted by atomic mass is 16.2. The summed E-state index contributed by atoms with van der Waals surface area (Å²) in [5.74, 6) is 1.72. The Labute approximate surface area is 101 Å². The maximum absolute atomic E-state index is 8.72. The summed E-state index contributed by atoms with van der Waals surface area (Å²) in [6.45, 7) is 5.30. The van der Waals surface area contributed by atoms with Gasteiger partial charge in [-0.1, -0.05) is 0 Å². The van der Waals surface area contributed by atoms with Gasteiger partial charge in [0.15, 0.2) is 0 Å². The zero-order valence-corrected chi connectivity index (χ0v) is 10.3. The molecule has 0 radical (unpaired) electrons. The Morgan fingerprint density at radius 1 is 1.47 bits per heavy atom. The van der Waals surface area contributed by atoms with E-state index in [0.717, 1.165) is 50.7 Å². The average molecular weight is 239 g/mol. The number of nitrogens with zero attached hydrogens (tertiary/aromatic N) is 3. The second-order valence-electron chi connectivity index (χ2n) is 4.56. The van der Waals surface area contributed by atoms with Crippen molar-refractivity contribution in [3.8, 4) is 0 Å². The molecule has 0 amide bonds. The van der Waals surface area contributed by atoms with Crippen LogP contribution in [0.2, 0.25) is 0 Å². The van der Waals surface area contributed by atoms with Gasteiger partial charge in [-0.3, -0.25) is 5.10 Å². The predicted molar refractivity (Wildman–Crippen MR) is 66.1 cm³/mol. The van der Waals surface area contributed by atoms with Gasteiger partial charge in [-0.15, -0.1) is 5.10 Å². The van der Waals surface area contributed by atoms with Crippen LogP contribution >= 0.6 is 0 Å². The molecule has 1 aliphatic rings. The molecule has 1 aromatic rings. The van der Waals surface area contributed by atoms with Crippen LogP contribution in [0.5, 0.6) is 0 Å². The molecule has 96 valence electrons. The first-order valence-corrected chi connectivity index (χ1v) is 6.30. The number of hydrogen-bond acceptors (Lipinski definition) is 5. The summed E-state index contributed by atoms with van der Waals surface area (Å²) >= 11 is 0. The number of H-pyrrole nitrogens is 1. The molecule has 0 spiro atoms. The van der Waals surface area contributed by atoms with Crippen LogP contribution in [0.4, 0.5) is 5.95 Å². The van der Waals surface area contributed by atoms with Crippen LogP contribution in [0.3, 0.4) is 0 Å².